The minimum Gasteiger partial charge on any atom is -0.310 e. The first-order valence-electron chi connectivity index (χ1n) is 4.85. The van der Waals surface area contributed by atoms with Crippen molar-refractivity contribution in [3.05, 3.63) is 35.4 Å². The minimum absolute atomic E-state index is 0.0469. The molecule has 14 heavy (non-hydrogen) atoms. The number of nitrogens with one attached hydrogen (secondary N) is 1. The summed E-state index contributed by atoms with van der Waals surface area (Å²) in [6.45, 7) is 3.02. The van der Waals surface area contributed by atoms with E-state index in [1.54, 1.807) is 0 Å². The predicted molar refractivity (Wildman–Crippen MR) is 50.9 cm³/mol. The summed E-state index contributed by atoms with van der Waals surface area (Å²) in [4.78, 5) is 0. The van der Waals surface area contributed by atoms with Crippen LogP contribution in [0.3, 0.4) is 0 Å². The molecule has 76 valence electrons. The van der Waals surface area contributed by atoms with Gasteiger partial charge in [0.15, 0.2) is 0 Å². The van der Waals surface area contributed by atoms with Crippen LogP contribution in [0.1, 0.15) is 24.9 Å². The van der Waals surface area contributed by atoms with E-state index in [4.69, 9.17) is 0 Å². The summed E-state index contributed by atoms with van der Waals surface area (Å²) in [6, 6.07) is 3.83. The highest BCUT2D eigenvalue weighted by Gasteiger charge is 2.24. The van der Waals surface area contributed by atoms with Crippen LogP contribution in [-0.2, 0) is 0 Å². The first kappa shape index (κ1) is 9.59. The zero-order chi connectivity index (χ0) is 10.1. The summed E-state index contributed by atoms with van der Waals surface area (Å²) in [5.74, 6) is -0.404. The Morgan fingerprint density at radius 3 is 2.71 bits per heavy atom. The largest absolute Gasteiger partial charge is 0.310 e. The lowest BCUT2D eigenvalue weighted by atomic mass is 10.0. The summed E-state index contributed by atoms with van der Waals surface area (Å²) in [5.41, 5.74) is 0.579. The number of benzene rings is 1. The summed E-state index contributed by atoms with van der Waals surface area (Å²) in [5, 5.41) is 3.22. The fourth-order valence-electron chi connectivity index (χ4n) is 1.93. The van der Waals surface area contributed by atoms with Crippen molar-refractivity contribution >= 4 is 0 Å². The van der Waals surface area contributed by atoms with Gasteiger partial charge in [0, 0.05) is 17.7 Å². The Labute approximate surface area is 82.1 Å². The first-order chi connectivity index (χ1) is 6.66. The lowest BCUT2D eigenvalue weighted by Gasteiger charge is -2.11. The van der Waals surface area contributed by atoms with Gasteiger partial charge in [-0.05, 0) is 24.9 Å². The average molecular weight is 197 g/mol. The number of hydrogen-bond acceptors (Lipinski definition) is 1. The Morgan fingerprint density at radius 2 is 2.14 bits per heavy atom. The van der Waals surface area contributed by atoms with Crippen LogP contribution in [0.5, 0.6) is 0 Å². The van der Waals surface area contributed by atoms with Crippen molar-refractivity contribution in [3.8, 4) is 0 Å². The van der Waals surface area contributed by atoms with Gasteiger partial charge in [0.25, 0.3) is 0 Å². The number of hydrogen-bond donors (Lipinski definition) is 1. The van der Waals surface area contributed by atoms with Gasteiger partial charge in [0.1, 0.15) is 11.6 Å². The van der Waals surface area contributed by atoms with Crippen LogP contribution in [-0.4, -0.2) is 6.54 Å². The molecule has 2 rings (SSSR count). The first-order valence-corrected chi connectivity index (χ1v) is 4.85. The third-order valence-electron chi connectivity index (χ3n) is 2.69. The molecular formula is C11H13F2N. The maximum atomic E-state index is 13.3. The van der Waals surface area contributed by atoms with Gasteiger partial charge >= 0.3 is 0 Å². The van der Waals surface area contributed by atoms with Crippen molar-refractivity contribution in [2.45, 2.75) is 19.4 Å². The molecule has 1 heterocycles. The summed E-state index contributed by atoms with van der Waals surface area (Å²) >= 11 is 0. The second kappa shape index (κ2) is 3.65. The van der Waals surface area contributed by atoms with E-state index in [2.05, 4.69) is 12.2 Å². The maximum Gasteiger partial charge on any atom is 0.130 e. The highest BCUT2D eigenvalue weighted by atomic mass is 19.1. The van der Waals surface area contributed by atoms with E-state index in [0.29, 0.717) is 11.5 Å². The molecule has 0 spiro atoms. The standard InChI is InChI=1S/C11H13F2N/c1-7-4-11(14-6-7)9-3-2-8(12)5-10(9)13/h2-3,5,7,11,14H,4,6H2,1H3. The molecule has 2 atom stereocenters. The van der Waals surface area contributed by atoms with E-state index in [0.717, 1.165) is 19.0 Å². The van der Waals surface area contributed by atoms with E-state index >= 15 is 0 Å². The Kier molecular flexibility index (Phi) is 2.50. The maximum absolute atomic E-state index is 13.3. The minimum atomic E-state index is -0.516. The number of rotatable bonds is 1. The molecule has 1 fully saturated rings. The van der Waals surface area contributed by atoms with Crippen molar-refractivity contribution in [2.75, 3.05) is 6.54 Å². The molecular weight excluding hydrogens is 184 g/mol. The third-order valence-corrected chi connectivity index (χ3v) is 2.69. The van der Waals surface area contributed by atoms with Gasteiger partial charge in [-0.2, -0.15) is 0 Å². The fraction of sp³-hybridized carbons (Fsp3) is 0.455. The van der Waals surface area contributed by atoms with Crippen molar-refractivity contribution in [3.63, 3.8) is 0 Å². The van der Waals surface area contributed by atoms with Crippen LogP contribution in [0.15, 0.2) is 18.2 Å². The zero-order valence-electron chi connectivity index (χ0n) is 8.06. The zero-order valence-corrected chi connectivity index (χ0v) is 8.06. The van der Waals surface area contributed by atoms with Crippen LogP contribution in [0.25, 0.3) is 0 Å². The van der Waals surface area contributed by atoms with E-state index in [1.807, 2.05) is 0 Å². The van der Waals surface area contributed by atoms with E-state index < -0.39 is 11.6 Å². The molecule has 0 amide bonds. The molecule has 3 heteroatoms. The second-order valence-electron chi connectivity index (χ2n) is 3.97. The lowest BCUT2D eigenvalue weighted by Crippen LogP contribution is -2.14. The Bertz CT molecular complexity index is 338. The van der Waals surface area contributed by atoms with Crippen molar-refractivity contribution < 1.29 is 8.78 Å². The molecule has 1 aliphatic heterocycles. The smallest absolute Gasteiger partial charge is 0.130 e. The predicted octanol–water partition coefficient (Wildman–Crippen LogP) is 2.64. The van der Waals surface area contributed by atoms with Gasteiger partial charge < -0.3 is 5.32 Å². The molecule has 1 nitrogen and oxygen atoms in total. The Morgan fingerprint density at radius 1 is 1.36 bits per heavy atom. The Hall–Kier alpha value is -0.960. The molecule has 0 saturated carbocycles. The Balaban J connectivity index is 2.24. The van der Waals surface area contributed by atoms with E-state index in [1.165, 1.54) is 12.1 Å². The van der Waals surface area contributed by atoms with Crippen LogP contribution < -0.4 is 5.32 Å². The molecule has 0 bridgehead atoms. The number of halogens is 2. The molecule has 2 unspecified atom stereocenters. The van der Waals surface area contributed by atoms with Gasteiger partial charge in [-0.3, -0.25) is 0 Å². The van der Waals surface area contributed by atoms with Gasteiger partial charge in [0.2, 0.25) is 0 Å². The van der Waals surface area contributed by atoms with E-state index in [-0.39, 0.29) is 6.04 Å². The van der Waals surface area contributed by atoms with Gasteiger partial charge in [0.05, 0.1) is 0 Å². The summed E-state index contributed by atoms with van der Waals surface area (Å²) in [7, 11) is 0. The topological polar surface area (TPSA) is 12.0 Å². The molecule has 1 aromatic rings. The van der Waals surface area contributed by atoms with Crippen LogP contribution in [0.2, 0.25) is 0 Å². The lowest BCUT2D eigenvalue weighted by molar-refractivity contribution is 0.534. The van der Waals surface area contributed by atoms with Crippen molar-refractivity contribution in [1.29, 1.82) is 0 Å². The highest BCUT2D eigenvalue weighted by Crippen LogP contribution is 2.28. The fourth-order valence-corrected chi connectivity index (χ4v) is 1.93. The monoisotopic (exact) mass is 197 g/mol. The third kappa shape index (κ3) is 1.77. The van der Waals surface area contributed by atoms with Crippen LogP contribution in [0, 0.1) is 17.6 Å². The molecule has 0 aromatic heterocycles. The van der Waals surface area contributed by atoms with Crippen LogP contribution in [0.4, 0.5) is 8.78 Å². The van der Waals surface area contributed by atoms with Gasteiger partial charge in [-0.15, -0.1) is 0 Å². The molecule has 1 aliphatic rings. The summed E-state index contributed by atoms with van der Waals surface area (Å²) < 4.78 is 26.0. The quantitative estimate of drug-likeness (QED) is 0.729. The van der Waals surface area contributed by atoms with Gasteiger partial charge in [-0.1, -0.05) is 13.0 Å². The second-order valence-corrected chi connectivity index (χ2v) is 3.97. The normalized spacial score (nSPS) is 26.8. The van der Waals surface area contributed by atoms with Crippen molar-refractivity contribution in [2.24, 2.45) is 5.92 Å². The van der Waals surface area contributed by atoms with Gasteiger partial charge in [-0.25, -0.2) is 8.78 Å². The molecule has 1 N–H and O–H groups in total. The molecule has 0 radical (unpaired) electrons. The SMILES string of the molecule is CC1CNC(c2ccc(F)cc2F)C1. The van der Waals surface area contributed by atoms with E-state index in [9.17, 15) is 8.78 Å². The average Bonchev–Trinajstić information content (AvgIpc) is 2.51. The highest BCUT2D eigenvalue weighted by molar-refractivity contribution is 5.23. The molecule has 1 saturated heterocycles. The van der Waals surface area contributed by atoms with Crippen molar-refractivity contribution in [1.82, 2.24) is 5.32 Å². The summed E-state index contributed by atoms with van der Waals surface area (Å²) in [6.07, 6.45) is 0.919. The molecule has 0 aliphatic carbocycles. The molecule has 1 aromatic carbocycles. The van der Waals surface area contributed by atoms with Crippen LogP contribution >= 0.6 is 0 Å².